The van der Waals surface area contributed by atoms with E-state index < -0.39 is 36.1 Å². The summed E-state index contributed by atoms with van der Waals surface area (Å²) >= 11 is 8.98. The van der Waals surface area contributed by atoms with Gasteiger partial charge < -0.3 is 5.11 Å². The summed E-state index contributed by atoms with van der Waals surface area (Å²) in [7, 11) is 0. The second-order valence-electron chi connectivity index (χ2n) is 7.70. The number of hydrogen-bond donors (Lipinski definition) is 1. The van der Waals surface area contributed by atoms with Crippen molar-refractivity contribution >= 4 is 46.1 Å². The van der Waals surface area contributed by atoms with Gasteiger partial charge in [0.2, 0.25) is 0 Å². The Kier molecular flexibility index (Phi) is 6.91. The van der Waals surface area contributed by atoms with E-state index in [0.717, 1.165) is 20.3 Å². The molecule has 0 saturated heterocycles. The monoisotopic (exact) mass is 550 g/mol. The number of hydrogen-bond acceptors (Lipinski definition) is 5. The Labute approximate surface area is 210 Å². The number of thioether (sulfide) groups is 1. The van der Waals surface area contributed by atoms with Crippen molar-refractivity contribution in [2.75, 3.05) is 11.3 Å². The van der Waals surface area contributed by atoms with Crippen LogP contribution in [0.25, 0.3) is 10.4 Å². The average Bonchev–Trinajstić information content (AvgIpc) is 3.45. The molecule has 2 aromatic carbocycles. The number of halogens is 7. The van der Waals surface area contributed by atoms with Crippen LogP contribution in [0.3, 0.4) is 0 Å². The molecule has 0 aliphatic carbocycles. The Hall–Kier alpha value is -2.21. The predicted octanol–water partition coefficient (Wildman–Crippen LogP) is 7.95. The van der Waals surface area contributed by atoms with Crippen molar-refractivity contribution in [3.05, 3.63) is 70.6 Å². The molecular weight excluding hydrogens is 534 g/mol. The van der Waals surface area contributed by atoms with Crippen molar-refractivity contribution in [1.29, 1.82) is 0 Å². The third-order valence-corrected chi connectivity index (χ3v) is 7.84. The zero-order chi connectivity index (χ0) is 25.6. The van der Waals surface area contributed by atoms with Crippen LogP contribution in [-0.2, 0) is 0 Å². The molecule has 1 aromatic heterocycles. The molecule has 4 rings (SSSR count). The summed E-state index contributed by atoms with van der Waals surface area (Å²) < 4.78 is 81.6. The Morgan fingerprint density at radius 2 is 1.69 bits per heavy atom. The van der Waals surface area contributed by atoms with Crippen LogP contribution in [0.5, 0.6) is 0 Å². The highest BCUT2D eigenvalue weighted by molar-refractivity contribution is 7.98. The summed E-state index contributed by atoms with van der Waals surface area (Å²) in [6, 6.07) is 16.0. The van der Waals surface area contributed by atoms with Crippen LogP contribution >= 0.6 is 34.7 Å². The fourth-order valence-electron chi connectivity index (χ4n) is 3.76. The molecule has 35 heavy (non-hydrogen) atoms. The molecule has 0 bridgehead atoms. The normalized spacial score (nSPS) is 17.1. The van der Waals surface area contributed by atoms with Crippen LogP contribution in [0.4, 0.5) is 32.0 Å². The summed E-state index contributed by atoms with van der Waals surface area (Å²) in [6.45, 7) is 0. The molecule has 1 aliphatic heterocycles. The second-order valence-corrected chi connectivity index (χ2v) is 10.1. The van der Waals surface area contributed by atoms with Crippen LogP contribution in [0.15, 0.2) is 70.7 Å². The van der Waals surface area contributed by atoms with Gasteiger partial charge in [0.1, 0.15) is 0 Å². The first-order valence-corrected chi connectivity index (χ1v) is 12.5. The van der Waals surface area contributed by atoms with Crippen molar-refractivity contribution in [1.82, 2.24) is 0 Å². The molecule has 12 heteroatoms. The van der Waals surface area contributed by atoms with Crippen molar-refractivity contribution in [2.45, 2.75) is 35.3 Å². The third kappa shape index (κ3) is 4.66. The third-order valence-electron chi connectivity index (χ3n) is 5.56. The molecular formula is C23H17ClF6N2OS2. The number of aliphatic hydroxyl groups is 1. The summed E-state index contributed by atoms with van der Waals surface area (Å²) in [5.74, 6) is 0. The highest BCUT2D eigenvalue weighted by Crippen LogP contribution is 2.50. The molecule has 186 valence electrons. The maximum atomic E-state index is 13.6. The zero-order valence-electron chi connectivity index (χ0n) is 17.9. The van der Waals surface area contributed by atoms with E-state index in [-0.39, 0.29) is 10.7 Å². The molecule has 0 amide bonds. The van der Waals surface area contributed by atoms with Crippen LogP contribution in [0, 0.1) is 0 Å². The lowest BCUT2D eigenvalue weighted by atomic mass is 9.91. The van der Waals surface area contributed by atoms with Gasteiger partial charge in [-0.2, -0.15) is 31.4 Å². The van der Waals surface area contributed by atoms with E-state index in [1.54, 1.807) is 24.3 Å². The highest BCUT2D eigenvalue weighted by Gasteiger charge is 2.74. The Morgan fingerprint density at radius 1 is 1.00 bits per heavy atom. The smallest absolute Gasteiger partial charge is 0.369 e. The highest BCUT2D eigenvalue weighted by atomic mass is 35.5. The van der Waals surface area contributed by atoms with Crippen molar-refractivity contribution in [3.63, 3.8) is 0 Å². The second kappa shape index (κ2) is 9.34. The lowest BCUT2D eigenvalue weighted by molar-refractivity contribution is -0.338. The van der Waals surface area contributed by atoms with E-state index in [1.807, 2.05) is 30.5 Å². The van der Waals surface area contributed by atoms with E-state index in [1.165, 1.54) is 35.2 Å². The molecule has 1 atom stereocenters. The van der Waals surface area contributed by atoms with Crippen LogP contribution < -0.4 is 5.01 Å². The molecule has 0 spiro atoms. The number of nitrogens with zero attached hydrogens (tertiary/aromatic N) is 2. The molecule has 0 fully saturated rings. The zero-order valence-corrected chi connectivity index (χ0v) is 20.3. The van der Waals surface area contributed by atoms with E-state index in [2.05, 4.69) is 5.10 Å². The van der Waals surface area contributed by atoms with Gasteiger partial charge in [0, 0.05) is 21.1 Å². The van der Waals surface area contributed by atoms with E-state index >= 15 is 0 Å². The fraction of sp³-hybridized carbons (Fsp3) is 0.261. The lowest BCUT2D eigenvalue weighted by Gasteiger charge is -2.31. The molecule has 2 heterocycles. The topological polar surface area (TPSA) is 35.8 Å². The minimum absolute atomic E-state index is 0.0921. The maximum absolute atomic E-state index is 13.6. The fourth-order valence-corrected chi connectivity index (χ4v) is 5.53. The van der Waals surface area contributed by atoms with E-state index in [4.69, 9.17) is 11.6 Å². The Bertz CT molecular complexity index is 1240. The molecule has 0 saturated carbocycles. The standard InChI is InChI=1S/C23H17ClF6N2OS2/c1-34-14-6-4-5-13(11-14)18-9-10-19(35-18)17-12-20(21(33,22(25,26)27)23(28,29)30)31-32(17)16-8-3-2-7-15(16)24/h2-11,17,33H,12H2,1H3. The van der Waals surface area contributed by atoms with Gasteiger partial charge in [-0.25, -0.2) is 0 Å². The van der Waals surface area contributed by atoms with Gasteiger partial charge in [-0.1, -0.05) is 35.9 Å². The minimum Gasteiger partial charge on any atom is -0.369 e. The maximum Gasteiger partial charge on any atom is 0.431 e. The summed E-state index contributed by atoms with van der Waals surface area (Å²) in [4.78, 5) is 2.26. The minimum atomic E-state index is -6.02. The summed E-state index contributed by atoms with van der Waals surface area (Å²) in [6.07, 6.45) is -10.9. The first kappa shape index (κ1) is 25.9. The Morgan fingerprint density at radius 3 is 2.31 bits per heavy atom. The number of para-hydroxylation sites is 1. The van der Waals surface area contributed by atoms with Gasteiger partial charge in [0.25, 0.3) is 5.60 Å². The predicted molar refractivity (Wildman–Crippen MR) is 127 cm³/mol. The van der Waals surface area contributed by atoms with Gasteiger partial charge in [-0.3, -0.25) is 5.01 Å². The van der Waals surface area contributed by atoms with Crippen LogP contribution in [0.1, 0.15) is 17.3 Å². The lowest BCUT2D eigenvalue weighted by Crippen LogP contribution is -2.62. The van der Waals surface area contributed by atoms with Crippen molar-refractivity contribution in [3.8, 4) is 10.4 Å². The van der Waals surface area contributed by atoms with Gasteiger partial charge in [-0.05, 0) is 48.2 Å². The largest absolute Gasteiger partial charge is 0.431 e. The number of rotatable bonds is 5. The van der Waals surface area contributed by atoms with Crippen molar-refractivity contribution < 1.29 is 31.4 Å². The number of alkyl halides is 6. The molecule has 3 nitrogen and oxygen atoms in total. The molecule has 1 N–H and O–H groups in total. The SMILES string of the molecule is CSc1cccc(-c2ccc(C3CC(C(O)(C(F)(F)F)C(F)(F)F)=NN3c3ccccc3Cl)s2)c1. The molecule has 1 unspecified atom stereocenters. The van der Waals surface area contributed by atoms with Gasteiger partial charge in [-0.15, -0.1) is 23.1 Å². The summed E-state index contributed by atoms with van der Waals surface area (Å²) in [5.41, 5.74) is -5.55. The Balaban J connectivity index is 1.80. The molecule has 0 radical (unpaired) electrons. The first-order chi connectivity index (χ1) is 16.4. The summed E-state index contributed by atoms with van der Waals surface area (Å²) in [5, 5.41) is 14.8. The van der Waals surface area contributed by atoms with E-state index in [9.17, 15) is 31.4 Å². The van der Waals surface area contributed by atoms with Gasteiger partial charge in [0.05, 0.1) is 22.5 Å². The van der Waals surface area contributed by atoms with Gasteiger partial charge >= 0.3 is 12.4 Å². The van der Waals surface area contributed by atoms with E-state index in [0.29, 0.717) is 4.88 Å². The van der Waals surface area contributed by atoms with Gasteiger partial charge in [0.15, 0.2) is 0 Å². The van der Waals surface area contributed by atoms with Crippen molar-refractivity contribution in [2.24, 2.45) is 5.10 Å². The number of thiophene rings is 1. The number of hydrazone groups is 1. The number of anilines is 1. The first-order valence-electron chi connectivity index (χ1n) is 10.1. The quantitative estimate of drug-likeness (QED) is 0.259. The molecule has 3 aromatic rings. The number of benzene rings is 2. The van der Waals surface area contributed by atoms with Crippen LogP contribution in [0.2, 0.25) is 5.02 Å². The average molecular weight is 551 g/mol. The van der Waals surface area contributed by atoms with Crippen LogP contribution in [-0.4, -0.2) is 35.0 Å². The molecule has 1 aliphatic rings.